The highest BCUT2D eigenvalue weighted by Gasteiger charge is 2.16. The monoisotopic (exact) mass is 270 g/mol. The Morgan fingerprint density at radius 2 is 2.28 bits per heavy atom. The second-order valence-electron chi connectivity index (χ2n) is 4.53. The number of carbonyl (C=O) groups is 1. The predicted molar refractivity (Wildman–Crippen MR) is 74.8 cm³/mol. The lowest BCUT2D eigenvalue weighted by Crippen LogP contribution is -2.42. The summed E-state index contributed by atoms with van der Waals surface area (Å²) < 4.78 is 4.99. The van der Waals surface area contributed by atoms with Crippen molar-refractivity contribution in [1.29, 1.82) is 0 Å². The van der Waals surface area contributed by atoms with E-state index in [0.717, 1.165) is 0 Å². The third-order valence-corrected chi connectivity index (χ3v) is 3.88. The molecule has 0 saturated heterocycles. The van der Waals surface area contributed by atoms with Crippen molar-refractivity contribution in [2.45, 2.75) is 25.9 Å². The van der Waals surface area contributed by atoms with Gasteiger partial charge in [0.05, 0.1) is 13.2 Å². The molecule has 0 aromatic carbocycles. The van der Waals surface area contributed by atoms with E-state index in [1.807, 2.05) is 24.9 Å². The van der Waals surface area contributed by atoms with Gasteiger partial charge in [0.2, 0.25) is 5.91 Å². The van der Waals surface area contributed by atoms with Crippen LogP contribution in [0.2, 0.25) is 0 Å². The van der Waals surface area contributed by atoms with E-state index in [-0.39, 0.29) is 18.0 Å². The highest BCUT2D eigenvalue weighted by Crippen LogP contribution is 2.22. The number of nitrogens with zero attached hydrogens (tertiary/aromatic N) is 1. The zero-order chi connectivity index (χ0) is 13.5. The maximum absolute atomic E-state index is 11.8. The molecule has 1 N–H and O–H groups in total. The van der Waals surface area contributed by atoms with Gasteiger partial charge in [-0.15, -0.1) is 11.3 Å². The summed E-state index contributed by atoms with van der Waals surface area (Å²) in [5.74, 6) is 0.0328. The lowest BCUT2D eigenvalue weighted by atomic mass is 10.2. The van der Waals surface area contributed by atoms with Crippen molar-refractivity contribution < 1.29 is 9.53 Å². The molecule has 102 valence electrons. The Kier molecular flexibility index (Phi) is 6.32. The molecule has 18 heavy (non-hydrogen) atoms. The molecule has 2 unspecified atom stereocenters. The molecule has 0 fully saturated rings. The molecule has 0 bridgehead atoms. The molecule has 1 heterocycles. The molecular formula is C13H22N2O2S. The molecule has 0 aliphatic rings. The van der Waals surface area contributed by atoms with Gasteiger partial charge in [0.15, 0.2) is 0 Å². The van der Waals surface area contributed by atoms with Crippen LogP contribution in [0.3, 0.4) is 0 Å². The number of ether oxygens (including phenoxy) is 1. The van der Waals surface area contributed by atoms with Crippen molar-refractivity contribution in [3.63, 3.8) is 0 Å². The van der Waals surface area contributed by atoms with Crippen LogP contribution in [-0.2, 0) is 9.53 Å². The van der Waals surface area contributed by atoms with Crippen molar-refractivity contribution in [2.75, 3.05) is 27.3 Å². The van der Waals surface area contributed by atoms with Crippen molar-refractivity contribution in [3.05, 3.63) is 22.4 Å². The first-order chi connectivity index (χ1) is 8.54. The quantitative estimate of drug-likeness (QED) is 0.822. The highest BCUT2D eigenvalue weighted by molar-refractivity contribution is 7.10. The summed E-state index contributed by atoms with van der Waals surface area (Å²) in [7, 11) is 3.60. The van der Waals surface area contributed by atoms with Crippen molar-refractivity contribution >= 4 is 17.2 Å². The van der Waals surface area contributed by atoms with Gasteiger partial charge in [-0.05, 0) is 32.3 Å². The Labute approximate surface area is 113 Å². The molecule has 5 heteroatoms. The summed E-state index contributed by atoms with van der Waals surface area (Å²) in [6, 6.07) is 4.43. The molecular weight excluding hydrogens is 248 g/mol. The van der Waals surface area contributed by atoms with Crippen molar-refractivity contribution in [1.82, 2.24) is 10.2 Å². The fourth-order valence-electron chi connectivity index (χ4n) is 1.72. The van der Waals surface area contributed by atoms with Gasteiger partial charge >= 0.3 is 0 Å². The molecule has 1 amide bonds. The molecule has 2 atom stereocenters. The minimum atomic E-state index is 0.0328. The summed E-state index contributed by atoms with van der Waals surface area (Å²) in [6.45, 7) is 4.98. The number of hydrogen-bond acceptors (Lipinski definition) is 4. The smallest absolute Gasteiger partial charge is 0.234 e. The van der Waals surface area contributed by atoms with Gasteiger partial charge in [-0.1, -0.05) is 6.07 Å². The number of thiophene rings is 1. The third kappa shape index (κ3) is 4.76. The van der Waals surface area contributed by atoms with E-state index in [2.05, 4.69) is 23.7 Å². The van der Waals surface area contributed by atoms with E-state index in [9.17, 15) is 4.79 Å². The van der Waals surface area contributed by atoms with Gasteiger partial charge in [-0.3, -0.25) is 9.69 Å². The normalized spacial score (nSPS) is 14.5. The lowest BCUT2D eigenvalue weighted by Gasteiger charge is -2.24. The number of rotatable bonds is 7. The Hall–Kier alpha value is -0.910. The molecule has 0 aliphatic carbocycles. The van der Waals surface area contributed by atoms with E-state index in [1.54, 1.807) is 18.4 Å². The molecule has 0 aliphatic heterocycles. The summed E-state index contributed by atoms with van der Waals surface area (Å²) in [6.07, 6.45) is 0. The Bertz CT molecular complexity index is 354. The van der Waals surface area contributed by atoms with Crippen LogP contribution in [0.15, 0.2) is 17.5 Å². The topological polar surface area (TPSA) is 41.6 Å². The number of methoxy groups -OCH3 is 1. The first kappa shape index (κ1) is 15.1. The van der Waals surface area contributed by atoms with Crippen LogP contribution in [0.5, 0.6) is 0 Å². The first-order valence-electron chi connectivity index (χ1n) is 6.06. The first-order valence-corrected chi connectivity index (χ1v) is 6.94. The maximum Gasteiger partial charge on any atom is 0.234 e. The van der Waals surface area contributed by atoms with Crippen molar-refractivity contribution in [3.8, 4) is 0 Å². The van der Waals surface area contributed by atoms with Gasteiger partial charge in [-0.2, -0.15) is 0 Å². The van der Waals surface area contributed by atoms with E-state index in [1.165, 1.54) is 4.88 Å². The fraction of sp³-hybridized carbons (Fsp3) is 0.615. The predicted octanol–water partition coefficient (Wildman–Crippen LogP) is 1.89. The molecule has 0 saturated carbocycles. The van der Waals surface area contributed by atoms with Crippen LogP contribution in [0.25, 0.3) is 0 Å². The second kappa shape index (κ2) is 7.51. The minimum Gasteiger partial charge on any atom is -0.383 e. The van der Waals surface area contributed by atoms with Gasteiger partial charge < -0.3 is 10.1 Å². The van der Waals surface area contributed by atoms with Crippen LogP contribution >= 0.6 is 11.3 Å². The molecule has 4 nitrogen and oxygen atoms in total. The Morgan fingerprint density at radius 3 is 2.83 bits per heavy atom. The number of hydrogen-bond donors (Lipinski definition) is 1. The van der Waals surface area contributed by atoms with Crippen molar-refractivity contribution in [2.24, 2.45) is 0 Å². The third-order valence-electron chi connectivity index (χ3n) is 2.83. The maximum atomic E-state index is 11.8. The van der Waals surface area contributed by atoms with Crippen LogP contribution < -0.4 is 5.32 Å². The zero-order valence-corrected chi connectivity index (χ0v) is 12.3. The van der Waals surface area contributed by atoms with E-state index >= 15 is 0 Å². The SMILES string of the molecule is COCC(C)NC(=O)CN(C)C(C)c1cccs1. The summed E-state index contributed by atoms with van der Waals surface area (Å²) in [4.78, 5) is 15.1. The fourth-order valence-corrected chi connectivity index (χ4v) is 2.57. The average molecular weight is 270 g/mol. The molecule has 1 aromatic rings. The number of nitrogens with one attached hydrogen (secondary N) is 1. The van der Waals surface area contributed by atoms with Gasteiger partial charge in [0.25, 0.3) is 0 Å². The largest absolute Gasteiger partial charge is 0.383 e. The molecule has 1 aromatic heterocycles. The van der Waals surface area contributed by atoms with E-state index in [4.69, 9.17) is 4.74 Å². The van der Waals surface area contributed by atoms with Gasteiger partial charge in [0.1, 0.15) is 0 Å². The minimum absolute atomic E-state index is 0.0328. The Morgan fingerprint density at radius 1 is 1.56 bits per heavy atom. The second-order valence-corrected chi connectivity index (χ2v) is 5.51. The van der Waals surface area contributed by atoms with Gasteiger partial charge in [-0.25, -0.2) is 0 Å². The standard InChI is InChI=1S/C13H22N2O2S/c1-10(9-17-4)14-13(16)8-15(3)11(2)12-6-5-7-18-12/h5-7,10-11H,8-9H2,1-4H3,(H,14,16). The van der Waals surface area contributed by atoms with E-state index in [0.29, 0.717) is 13.2 Å². The van der Waals surface area contributed by atoms with Crippen LogP contribution in [0.1, 0.15) is 24.8 Å². The molecule has 1 rings (SSSR count). The van der Waals surface area contributed by atoms with E-state index < -0.39 is 0 Å². The number of amides is 1. The van der Waals surface area contributed by atoms with Crippen LogP contribution in [-0.4, -0.2) is 44.2 Å². The van der Waals surface area contributed by atoms with Gasteiger partial charge in [0, 0.05) is 24.1 Å². The average Bonchev–Trinajstić information content (AvgIpc) is 2.81. The summed E-state index contributed by atoms with van der Waals surface area (Å²) >= 11 is 1.72. The summed E-state index contributed by atoms with van der Waals surface area (Å²) in [5, 5.41) is 4.97. The van der Waals surface area contributed by atoms with Crippen LogP contribution in [0, 0.1) is 0 Å². The highest BCUT2D eigenvalue weighted by atomic mass is 32.1. The molecule has 0 spiro atoms. The lowest BCUT2D eigenvalue weighted by molar-refractivity contribution is -0.123. The number of likely N-dealkylation sites (N-methyl/N-ethyl adjacent to an activating group) is 1. The zero-order valence-electron chi connectivity index (χ0n) is 11.5. The summed E-state index contributed by atoms with van der Waals surface area (Å²) in [5.41, 5.74) is 0. The molecule has 0 radical (unpaired) electrons. The van der Waals surface area contributed by atoms with Crippen LogP contribution in [0.4, 0.5) is 0 Å². The number of carbonyl (C=O) groups excluding carboxylic acids is 1. The Balaban J connectivity index is 2.39.